The van der Waals surface area contributed by atoms with Crippen molar-refractivity contribution >= 4 is 22.9 Å². The van der Waals surface area contributed by atoms with Gasteiger partial charge in [-0.15, -0.1) is 5.10 Å². The first-order chi connectivity index (χ1) is 16.1. The molecule has 3 aromatic heterocycles. The second kappa shape index (κ2) is 8.66. The Bertz CT molecular complexity index is 1420. The lowest BCUT2D eigenvalue weighted by atomic mass is 10.1. The van der Waals surface area contributed by atoms with Gasteiger partial charge in [0.2, 0.25) is 5.95 Å². The van der Waals surface area contributed by atoms with Crippen LogP contribution >= 0.6 is 0 Å². The predicted octanol–water partition coefficient (Wildman–Crippen LogP) is 3.99. The highest BCUT2D eigenvalue weighted by Gasteiger charge is 2.20. The maximum Gasteiger partial charge on any atom is 0.258 e. The molecule has 0 aliphatic carbocycles. The Morgan fingerprint density at radius 1 is 0.909 bits per heavy atom. The molecule has 5 rings (SSSR count). The van der Waals surface area contributed by atoms with Crippen molar-refractivity contribution in [1.29, 1.82) is 0 Å². The molecule has 0 fully saturated rings. The molecule has 5 aromatic rings. The van der Waals surface area contributed by atoms with Crippen LogP contribution in [0.3, 0.4) is 0 Å². The minimum absolute atomic E-state index is 0.257. The van der Waals surface area contributed by atoms with E-state index in [-0.39, 0.29) is 11.9 Å². The largest absolute Gasteiger partial charge is 0.289 e. The first-order valence-electron chi connectivity index (χ1n) is 10.7. The summed E-state index contributed by atoms with van der Waals surface area (Å²) >= 11 is 0. The number of amides is 1. The Hall–Kier alpha value is -4.33. The molecule has 8 nitrogen and oxygen atoms in total. The molecule has 0 spiro atoms. The van der Waals surface area contributed by atoms with Crippen molar-refractivity contribution in [1.82, 2.24) is 29.5 Å². The summed E-state index contributed by atoms with van der Waals surface area (Å²) in [6.07, 6.45) is 1.61. The lowest BCUT2D eigenvalue weighted by Gasteiger charge is -2.07. The average molecular weight is 438 g/mol. The topological polar surface area (TPSA) is 90.5 Å². The van der Waals surface area contributed by atoms with Gasteiger partial charge in [-0.05, 0) is 31.0 Å². The number of nitrogens with zero attached hydrogens (tertiary/aromatic N) is 6. The molecule has 0 aliphatic heterocycles. The van der Waals surface area contributed by atoms with Crippen LogP contribution in [0.4, 0.5) is 5.95 Å². The number of hydrogen-bond donors (Lipinski definition) is 1. The normalized spacial score (nSPS) is 11.1. The zero-order chi connectivity index (χ0) is 22.8. The number of aryl methyl sites for hydroxylation is 2. The first kappa shape index (κ1) is 20.6. The highest BCUT2D eigenvalue weighted by Crippen LogP contribution is 2.24. The van der Waals surface area contributed by atoms with E-state index in [1.54, 1.807) is 17.1 Å². The van der Waals surface area contributed by atoms with Crippen LogP contribution in [0, 0.1) is 13.8 Å². The summed E-state index contributed by atoms with van der Waals surface area (Å²) in [5.74, 6) is -0.0294. The molecule has 33 heavy (non-hydrogen) atoms. The summed E-state index contributed by atoms with van der Waals surface area (Å²) in [4.78, 5) is 22.1. The predicted molar refractivity (Wildman–Crippen MR) is 126 cm³/mol. The quantitative estimate of drug-likeness (QED) is 0.434. The summed E-state index contributed by atoms with van der Waals surface area (Å²) in [6, 6.07) is 21.8. The fourth-order valence-corrected chi connectivity index (χ4v) is 3.89. The van der Waals surface area contributed by atoms with E-state index < -0.39 is 0 Å². The maximum atomic E-state index is 13.2. The summed E-state index contributed by atoms with van der Waals surface area (Å²) in [5.41, 5.74) is 4.90. The molecular weight excluding hydrogens is 414 g/mol. The third-order valence-electron chi connectivity index (χ3n) is 5.37. The van der Waals surface area contributed by atoms with Crippen molar-refractivity contribution in [3.63, 3.8) is 0 Å². The number of fused-ring (bicyclic) bond motifs is 1. The molecule has 0 unspecified atom stereocenters. The van der Waals surface area contributed by atoms with Crippen LogP contribution in [0.2, 0.25) is 0 Å². The van der Waals surface area contributed by atoms with Crippen LogP contribution in [0.1, 0.15) is 32.9 Å². The van der Waals surface area contributed by atoms with Gasteiger partial charge in [0, 0.05) is 5.69 Å². The maximum absolute atomic E-state index is 13.2. The SMILES string of the molecule is Cc1cc(C(=O)Nc2ncn(Cc3ccccc3)n2)c2c(C)nn(Cc3ccccc3)c2n1. The summed E-state index contributed by atoms with van der Waals surface area (Å²) in [7, 11) is 0. The highest BCUT2D eigenvalue weighted by molar-refractivity contribution is 6.12. The number of rotatable bonds is 6. The lowest BCUT2D eigenvalue weighted by Crippen LogP contribution is -2.15. The fourth-order valence-electron chi connectivity index (χ4n) is 3.89. The Balaban J connectivity index is 1.42. The number of hydrogen-bond acceptors (Lipinski definition) is 5. The number of benzene rings is 2. The number of pyridine rings is 1. The van der Waals surface area contributed by atoms with E-state index in [1.807, 2.05) is 79.2 Å². The number of carbonyl (C=O) groups excluding carboxylic acids is 1. The molecule has 0 aliphatic rings. The fraction of sp³-hybridized carbons (Fsp3) is 0.160. The third kappa shape index (κ3) is 4.36. The Morgan fingerprint density at radius 3 is 2.27 bits per heavy atom. The van der Waals surface area contributed by atoms with Gasteiger partial charge in [-0.2, -0.15) is 5.10 Å². The van der Waals surface area contributed by atoms with Gasteiger partial charge >= 0.3 is 0 Å². The molecule has 1 amide bonds. The van der Waals surface area contributed by atoms with Gasteiger partial charge in [0.05, 0.1) is 29.7 Å². The number of carbonyl (C=O) groups is 1. The van der Waals surface area contributed by atoms with Crippen LogP contribution < -0.4 is 5.32 Å². The van der Waals surface area contributed by atoms with Crippen molar-refractivity contribution < 1.29 is 4.79 Å². The van der Waals surface area contributed by atoms with Crippen molar-refractivity contribution in [2.24, 2.45) is 0 Å². The van der Waals surface area contributed by atoms with Gasteiger partial charge in [0.15, 0.2) is 5.65 Å². The van der Waals surface area contributed by atoms with E-state index in [9.17, 15) is 4.79 Å². The smallest absolute Gasteiger partial charge is 0.258 e. The number of aromatic nitrogens is 6. The van der Waals surface area contributed by atoms with Gasteiger partial charge in [0.25, 0.3) is 5.91 Å². The van der Waals surface area contributed by atoms with Gasteiger partial charge in [0.1, 0.15) is 6.33 Å². The van der Waals surface area contributed by atoms with Crippen LogP contribution in [0.15, 0.2) is 73.1 Å². The number of anilines is 1. The monoisotopic (exact) mass is 437 g/mol. The minimum atomic E-state index is -0.287. The summed E-state index contributed by atoms with van der Waals surface area (Å²) < 4.78 is 3.54. The molecular formula is C25H23N7O. The third-order valence-corrected chi connectivity index (χ3v) is 5.37. The number of nitrogens with one attached hydrogen (secondary N) is 1. The first-order valence-corrected chi connectivity index (χ1v) is 10.7. The standard InChI is InChI=1S/C25H23N7O/c1-17-13-21(22-18(2)29-32(23(22)27-17)15-20-11-7-4-8-12-20)24(33)28-25-26-16-31(30-25)14-19-9-5-3-6-10-19/h3-13,16H,14-15H2,1-2H3,(H,28,30,33). The zero-order valence-corrected chi connectivity index (χ0v) is 18.4. The van der Waals surface area contributed by atoms with Crippen molar-refractivity contribution in [2.45, 2.75) is 26.9 Å². The second-order valence-electron chi connectivity index (χ2n) is 7.94. The summed E-state index contributed by atoms with van der Waals surface area (Å²) in [5, 5.41) is 12.6. The van der Waals surface area contributed by atoms with E-state index in [0.29, 0.717) is 24.3 Å². The summed E-state index contributed by atoms with van der Waals surface area (Å²) in [6.45, 7) is 4.92. The van der Waals surface area contributed by atoms with Gasteiger partial charge in [-0.25, -0.2) is 19.3 Å². The molecule has 164 valence electrons. The van der Waals surface area contributed by atoms with E-state index in [0.717, 1.165) is 27.9 Å². The van der Waals surface area contributed by atoms with Crippen molar-refractivity contribution in [3.8, 4) is 0 Å². The minimum Gasteiger partial charge on any atom is -0.289 e. The molecule has 0 bridgehead atoms. The lowest BCUT2D eigenvalue weighted by molar-refractivity contribution is 0.102. The van der Waals surface area contributed by atoms with Gasteiger partial charge < -0.3 is 0 Å². The van der Waals surface area contributed by atoms with Gasteiger partial charge in [-0.1, -0.05) is 60.7 Å². The zero-order valence-electron chi connectivity index (χ0n) is 18.4. The Morgan fingerprint density at radius 2 is 1.58 bits per heavy atom. The van der Waals surface area contributed by atoms with E-state index in [2.05, 4.69) is 25.5 Å². The van der Waals surface area contributed by atoms with E-state index in [4.69, 9.17) is 0 Å². The highest BCUT2D eigenvalue weighted by atomic mass is 16.1. The van der Waals surface area contributed by atoms with Crippen LogP contribution in [0.25, 0.3) is 11.0 Å². The van der Waals surface area contributed by atoms with Crippen LogP contribution in [-0.4, -0.2) is 35.4 Å². The van der Waals surface area contributed by atoms with Crippen molar-refractivity contribution in [3.05, 3.63) is 101 Å². The molecule has 0 atom stereocenters. The Kier molecular flexibility index (Phi) is 5.40. The molecule has 8 heteroatoms. The van der Waals surface area contributed by atoms with E-state index >= 15 is 0 Å². The van der Waals surface area contributed by atoms with Crippen LogP contribution in [-0.2, 0) is 13.1 Å². The molecule has 0 radical (unpaired) electrons. The van der Waals surface area contributed by atoms with Crippen LogP contribution in [0.5, 0.6) is 0 Å². The molecule has 0 saturated heterocycles. The second-order valence-corrected chi connectivity index (χ2v) is 7.94. The molecule has 3 heterocycles. The van der Waals surface area contributed by atoms with E-state index in [1.165, 1.54) is 0 Å². The average Bonchev–Trinajstić information content (AvgIpc) is 3.38. The molecule has 2 aromatic carbocycles. The molecule has 1 N–H and O–H groups in total. The van der Waals surface area contributed by atoms with Gasteiger partial charge in [-0.3, -0.25) is 10.1 Å². The Labute approximate surface area is 190 Å². The molecule has 0 saturated carbocycles. The van der Waals surface area contributed by atoms with Crippen molar-refractivity contribution in [2.75, 3.05) is 5.32 Å².